The van der Waals surface area contributed by atoms with Crippen LogP contribution < -0.4 is 10.9 Å². The Morgan fingerprint density at radius 2 is 0.767 bits per heavy atom. The lowest BCUT2D eigenvalue weighted by atomic mass is 9.65. The van der Waals surface area contributed by atoms with Gasteiger partial charge >= 0.3 is 7.12 Å². The van der Waals surface area contributed by atoms with Crippen LogP contribution in [-0.2, 0) is 33.0 Å². The minimum atomic E-state index is -1.01. The molecule has 1 aliphatic heterocycles. The highest BCUT2D eigenvalue weighted by Crippen LogP contribution is 2.57. The smallest absolute Gasteiger partial charge is 0.399 e. The summed E-state index contributed by atoms with van der Waals surface area (Å²) < 4.78 is 15.6. The number of unbranched alkanes of at least 4 members (excludes halogenated alkanes) is 16. The third kappa shape index (κ3) is 16.6. The Morgan fingerprint density at radius 3 is 1.17 bits per heavy atom. The van der Waals surface area contributed by atoms with Crippen LogP contribution in [0.1, 0.15) is 269 Å². The van der Waals surface area contributed by atoms with Gasteiger partial charge in [0.1, 0.15) is 7.85 Å². The number of halogens is 2. The highest BCUT2D eigenvalue weighted by Gasteiger charge is 2.53. The van der Waals surface area contributed by atoms with E-state index in [1.165, 1.54) is 206 Å². The minimum absolute atomic E-state index is 0.174. The average Bonchev–Trinajstić information content (AvgIpc) is 1.53. The van der Waals surface area contributed by atoms with Crippen molar-refractivity contribution < 1.29 is 19.5 Å². The van der Waals surface area contributed by atoms with Gasteiger partial charge in [0, 0.05) is 14.4 Å². The standard InChI is InChI=1S/C43H52B2O2.C29H40Br2.C6H14O2/c1-7-9-11-13-15-31-17-21-33(22-18-31)43(34-23-19-32(20-24-34)16-14-12-10-8-2)39-29-35(44)25-27-37(39)38-28-26-36(30-40(38)43)45-46-41(3,4)42(5,6)47-45;1-3-5-7-9-11-13-19-29(20-14-12-10-8-6-4-2)27-21-23(30)15-17-25(27)26-18-16-24(31)22-28(26)29;1-5(2,7)6(3,4)8/h17-30H,7-16H2,1-6H3;15-18,21-22H,3-14,19-20H2,1-2H3;7-8H,1-4H3. The fourth-order valence-corrected chi connectivity index (χ4v) is 13.9. The second kappa shape index (κ2) is 31.3. The van der Waals surface area contributed by atoms with Crippen LogP contribution in [0.4, 0.5) is 0 Å². The molecule has 0 amide bonds. The number of fused-ring (bicyclic) bond motifs is 6. The van der Waals surface area contributed by atoms with E-state index >= 15 is 0 Å². The molecule has 0 atom stereocenters. The largest absolute Gasteiger partial charge is 0.494 e. The summed E-state index contributed by atoms with van der Waals surface area (Å²) in [5, 5.41) is 18.2. The molecule has 86 heavy (non-hydrogen) atoms. The van der Waals surface area contributed by atoms with Crippen molar-refractivity contribution in [2.24, 2.45) is 0 Å². The van der Waals surface area contributed by atoms with Crippen molar-refractivity contribution in [3.63, 3.8) is 0 Å². The van der Waals surface area contributed by atoms with Gasteiger partial charge in [-0.1, -0.05) is 278 Å². The normalized spacial score (nSPS) is 15.7. The number of rotatable bonds is 28. The molecule has 0 aromatic heterocycles. The molecule has 3 aliphatic rings. The predicted molar refractivity (Wildman–Crippen MR) is 377 cm³/mol. The maximum atomic E-state index is 9.10. The van der Waals surface area contributed by atoms with Crippen LogP contribution in [0.5, 0.6) is 0 Å². The second-order valence-electron chi connectivity index (χ2n) is 27.6. The Balaban J connectivity index is 0.000000233. The van der Waals surface area contributed by atoms with E-state index in [4.69, 9.17) is 27.4 Å². The van der Waals surface area contributed by atoms with Gasteiger partial charge in [-0.05, 0) is 190 Å². The molecule has 6 aromatic carbocycles. The maximum absolute atomic E-state index is 9.10. The topological polar surface area (TPSA) is 58.9 Å². The van der Waals surface area contributed by atoms with Crippen molar-refractivity contribution >= 4 is 57.8 Å². The van der Waals surface area contributed by atoms with Gasteiger partial charge in [-0.15, -0.1) is 0 Å². The Kier molecular flexibility index (Phi) is 25.4. The SMILES string of the molecule is CC(C)(O)C(C)(C)O.CCCCCCCCC1(CCCCCCCC)c2cc(Br)ccc2-c2ccc(Br)cc21.[B]c1ccc2c(c1)C(c1ccc(CCCCCC)cc1)(c1ccc(CCCCCC)cc1)c1cc(B3OC(C)(C)C(C)(C)O3)ccc1-2. The Bertz CT molecular complexity index is 2920. The minimum Gasteiger partial charge on any atom is -0.399 e. The van der Waals surface area contributed by atoms with E-state index < -0.39 is 34.9 Å². The number of aryl methyl sites for hydroxylation is 2. The van der Waals surface area contributed by atoms with Crippen LogP contribution in [-0.4, -0.2) is 47.6 Å². The molecule has 1 fully saturated rings. The molecule has 2 aliphatic carbocycles. The molecule has 6 aromatic rings. The quantitative estimate of drug-likeness (QED) is 0.0379. The summed E-state index contributed by atoms with van der Waals surface area (Å²) >= 11 is 7.57. The molecular weight excluding hydrogens is 1180 g/mol. The van der Waals surface area contributed by atoms with Crippen molar-refractivity contribution in [3.05, 3.63) is 175 Å². The van der Waals surface area contributed by atoms with Crippen molar-refractivity contribution in [3.8, 4) is 22.3 Å². The lowest BCUT2D eigenvalue weighted by Crippen LogP contribution is -2.44. The molecule has 9 rings (SSSR count). The molecule has 462 valence electrons. The van der Waals surface area contributed by atoms with E-state index in [0.717, 1.165) is 23.8 Å². The molecule has 2 N–H and O–H groups in total. The fraction of sp³-hybridized carbons (Fsp3) is 0.538. The molecule has 0 spiro atoms. The van der Waals surface area contributed by atoms with Crippen LogP contribution in [0.25, 0.3) is 22.3 Å². The first kappa shape index (κ1) is 69.7. The zero-order valence-corrected chi connectivity index (χ0v) is 58.3. The highest BCUT2D eigenvalue weighted by molar-refractivity contribution is 9.10. The zero-order valence-electron chi connectivity index (χ0n) is 55.1. The summed E-state index contributed by atoms with van der Waals surface area (Å²) in [5.74, 6) is 0. The highest BCUT2D eigenvalue weighted by atomic mass is 79.9. The third-order valence-electron chi connectivity index (χ3n) is 19.8. The molecule has 1 heterocycles. The zero-order chi connectivity index (χ0) is 62.3. The van der Waals surface area contributed by atoms with E-state index in [-0.39, 0.29) is 5.41 Å². The molecule has 0 unspecified atom stereocenters. The van der Waals surface area contributed by atoms with Crippen molar-refractivity contribution in [2.75, 3.05) is 0 Å². The van der Waals surface area contributed by atoms with Gasteiger partial charge in [0.05, 0.1) is 27.8 Å². The lowest BCUT2D eigenvalue weighted by Gasteiger charge is -2.34. The van der Waals surface area contributed by atoms with Gasteiger partial charge in [-0.2, -0.15) is 0 Å². The van der Waals surface area contributed by atoms with E-state index in [1.807, 2.05) is 6.07 Å². The molecule has 0 saturated carbocycles. The van der Waals surface area contributed by atoms with Gasteiger partial charge in [-0.25, -0.2) is 0 Å². The predicted octanol–water partition coefficient (Wildman–Crippen LogP) is 20.9. The summed E-state index contributed by atoms with van der Waals surface area (Å²) in [7, 11) is 6.16. The molecule has 4 nitrogen and oxygen atoms in total. The molecule has 1 saturated heterocycles. The number of hydrogen-bond acceptors (Lipinski definition) is 4. The van der Waals surface area contributed by atoms with Crippen LogP contribution in [0.15, 0.2) is 130 Å². The third-order valence-corrected chi connectivity index (χ3v) is 20.8. The first-order valence-corrected chi connectivity index (χ1v) is 35.2. The number of aliphatic hydroxyl groups is 2. The van der Waals surface area contributed by atoms with E-state index in [9.17, 15) is 0 Å². The summed E-state index contributed by atoms with van der Waals surface area (Å²) in [6.45, 7) is 23.9. The monoisotopic (exact) mass is 1290 g/mol. The Labute approximate surface area is 541 Å². The van der Waals surface area contributed by atoms with E-state index in [1.54, 1.807) is 38.8 Å². The van der Waals surface area contributed by atoms with Crippen LogP contribution in [0.3, 0.4) is 0 Å². The summed E-state index contributed by atoms with van der Waals surface area (Å²) in [6.07, 6.45) is 31.3. The van der Waals surface area contributed by atoms with Crippen LogP contribution >= 0.6 is 31.9 Å². The van der Waals surface area contributed by atoms with Crippen molar-refractivity contribution in [1.82, 2.24) is 0 Å². The fourth-order valence-electron chi connectivity index (χ4n) is 13.1. The van der Waals surface area contributed by atoms with Crippen molar-refractivity contribution in [2.45, 2.75) is 270 Å². The maximum Gasteiger partial charge on any atom is 0.494 e. The Hall–Kier alpha value is -3.75. The molecular formula is C78H106B2Br2O4. The Morgan fingerprint density at radius 1 is 0.419 bits per heavy atom. The van der Waals surface area contributed by atoms with E-state index in [0.29, 0.717) is 0 Å². The van der Waals surface area contributed by atoms with Gasteiger partial charge < -0.3 is 19.5 Å². The van der Waals surface area contributed by atoms with E-state index in [2.05, 4.69) is 203 Å². The van der Waals surface area contributed by atoms with Gasteiger partial charge in [0.25, 0.3) is 0 Å². The van der Waals surface area contributed by atoms with Gasteiger partial charge in [0.15, 0.2) is 0 Å². The summed E-state index contributed by atoms with van der Waals surface area (Å²) in [5.41, 5.74) is 15.0. The van der Waals surface area contributed by atoms with Gasteiger partial charge in [-0.3, -0.25) is 0 Å². The van der Waals surface area contributed by atoms with Gasteiger partial charge in [0.2, 0.25) is 0 Å². The lowest BCUT2D eigenvalue weighted by molar-refractivity contribution is -0.107. The summed E-state index contributed by atoms with van der Waals surface area (Å²) in [4.78, 5) is 0. The average molecular weight is 1290 g/mol. The molecule has 2 radical (unpaired) electrons. The van der Waals surface area contributed by atoms with Crippen molar-refractivity contribution in [1.29, 1.82) is 0 Å². The number of benzene rings is 6. The molecule has 0 bridgehead atoms. The number of hydrogen-bond donors (Lipinski definition) is 2. The first-order chi connectivity index (χ1) is 41.0. The van der Waals surface area contributed by atoms with Crippen LogP contribution in [0, 0.1) is 0 Å². The molecule has 8 heteroatoms. The van der Waals surface area contributed by atoms with Crippen LogP contribution in [0.2, 0.25) is 0 Å². The summed E-state index contributed by atoms with van der Waals surface area (Å²) in [6, 6.07) is 46.2. The first-order valence-electron chi connectivity index (χ1n) is 33.6. The second-order valence-corrected chi connectivity index (χ2v) is 29.4.